The van der Waals surface area contributed by atoms with Gasteiger partial charge in [0.2, 0.25) is 5.91 Å². The molecule has 20 heteroatoms. The van der Waals surface area contributed by atoms with Crippen LogP contribution in [-0.2, 0) is 27.4 Å². The minimum atomic E-state index is -1.91. The van der Waals surface area contributed by atoms with E-state index in [1.165, 1.54) is 16.0 Å². The highest BCUT2D eigenvalue weighted by Gasteiger charge is 2.58. The molecule has 4 aliphatic carbocycles. The van der Waals surface area contributed by atoms with Crippen LogP contribution in [0.15, 0.2) is 6.20 Å². The monoisotopic (exact) mass is 799 g/mol. The van der Waals surface area contributed by atoms with Crippen LogP contribution < -0.4 is 5.32 Å². The molecule has 5 aliphatic rings. The second-order valence-electron chi connectivity index (χ2n) is 16.4. The first-order valence-electron chi connectivity index (χ1n) is 19.6. The number of nitrogens with one attached hydrogen (secondary N) is 1. The van der Waals surface area contributed by atoms with E-state index in [4.69, 9.17) is 19.7 Å². The van der Waals surface area contributed by atoms with Gasteiger partial charge in [0, 0.05) is 37.9 Å². The molecule has 13 atom stereocenters. The van der Waals surface area contributed by atoms with E-state index in [9.17, 15) is 50.9 Å². The van der Waals surface area contributed by atoms with Crippen LogP contribution in [0.25, 0.3) is 0 Å². The van der Waals surface area contributed by atoms with Gasteiger partial charge in [-0.2, -0.15) is 5.26 Å². The standard InChI is InChI=1S/C36H61N7O13/c37-13-25-2-1-3-43(25)30(50)14-38-35-9-22-8-23(10-35)12-36(11-22,21-35)56-7-6-55-5-4-42-16-24(39-40-42)15-41(17-26(46)31(51)33(53)28(48)19-44)18-27(47)32(52)34(54)29(49)20-45/h16,22-23,25-29,31-34,38,44-49,51-54H,1-12,14-15,17-21H2/t22-,23?,25-,26-,27-,28+,29+,31+,32+,33+,34+,35?,36?/m0/s1. The lowest BCUT2D eigenvalue weighted by molar-refractivity contribution is -0.182. The number of ether oxygens (including phenoxy) is 2. The maximum atomic E-state index is 13.0. The van der Waals surface area contributed by atoms with Gasteiger partial charge in [-0.1, -0.05) is 5.21 Å². The minimum absolute atomic E-state index is 0.0117. The number of carbonyl (C=O) groups is 1. The number of aliphatic hydroxyl groups excluding tert-OH is 10. The first-order valence-corrected chi connectivity index (χ1v) is 19.6. The number of hydrogen-bond donors (Lipinski definition) is 11. The van der Waals surface area contributed by atoms with Crippen LogP contribution in [0.5, 0.6) is 0 Å². The van der Waals surface area contributed by atoms with Gasteiger partial charge in [0.05, 0.1) is 75.7 Å². The molecule has 11 N–H and O–H groups in total. The molecule has 4 bridgehead atoms. The molecule has 1 saturated heterocycles. The van der Waals surface area contributed by atoms with Crippen LogP contribution in [-0.4, -0.2) is 207 Å². The number of hydrogen-bond acceptors (Lipinski definition) is 18. The smallest absolute Gasteiger partial charge is 0.237 e. The number of carbonyl (C=O) groups excluding carboxylic acids is 1. The average Bonchev–Trinajstić information content (AvgIpc) is 3.85. The van der Waals surface area contributed by atoms with Crippen LogP contribution in [0.1, 0.15) is 57.1 Å². The minimum Gasteiger partial charge on any atom is -0.394 e. The van der Waals surface area contributed by atoms with Crippen molar-refractivity contribution in [3.63, 3.8) is 0 Å². The SMILES string of the molecule is N#C[C@@H]1CCCN1C(=O)CNC12CC3C[C@@H](C1)CC(OCCOCCn1cc(CN(C[C@H](O)[C@@H](O)[C@H](O)[C@H](O)CO)C[C@H](O)[C@@H](O)[C@H](O)[C@H](O)CO)nn1)(C3)C2. The Hall–Kier alpha value is -2.46. The molecule has 0 spiro atoms. The highest BCUT2D eigenvalue weighted by atomic mass is 16.5. The number of amides is 1. The summed E-state index contributed by atoms with van der Waals surface area (Å²) in [7, 11) is 0. The predicted molar refractivity (Wildman–Crippen MR) is 193 cm³/mol. The third-order valence-electron chi connectivity index (χ3n) is 12.0. The van der Waals surface area contributed by atoms with Gasteiger partial charge in [-0.25, -0.2) is 4.68 Å². The Balaban J connectivity index is 1.08. The van der Waals surface area contributed by atoms with E-state index >= 15 is 0 Å². The Kier molecular flexibility index (Phi) is 15.9. The van der Waals surface area contributed by atoms with Crippen LogP contribution in [0.2, 0.25) is 0 Å². The van der Waals surface area contributed by atoms with Crippen molar-refractivity contribution < 1.29 is 65.3 Å². The molecule has 1 aliphatic heterocycles. The summed E-state index contributed by atoms with van der Waals surface area (Å²) in [5, 5.41) is 121. The molecule has 1 amide bonds. The third kappa shape index (κ3) is 11.2. The molecule has 6 rings (SSSR count). The lowest BCUT2D eigenvalue weighted by Crippen LogP contribution is -2.66. The van der Waals surface area contributed by atoms with Crippen LogP contribution in [0.4, 0.5) is 0 Å². The maximum absolute atomic E-state index is 13.0. The van der Waals surface area contributed by atoms with E-state index in [1.807, 2.05) is 0 Å². The van der Waals surface area contributed by atoms with Crippen molar-refractivity contribution in [1.82, 2.24) is 30.1 Å². The van der Waals surface area contributed by atoms with Gasteiger partial charge in [-0.3, -0.25) is 9.69 Å². The fourth-order valence-electron chi connectivity index (χ4n) is 9.52. The van der Waals surface area contributed by atoms with Gasteiger partial charge in [0.25, 0.3) is 0 Å². The molecule has 318 valence electrons. The highest BCUT2D eigenvalue weighted by Crippen LogP contribution is 2.58. The Morgan fingerprint density at radius 2 is 1.52 bits per heavy atom. The van der Waals surface area contributed by atoms with E-state index in [0.717, 1.165) is 44.9 Å². The second-order valence-corrected chi connectivity index (χ2v) is 16.4. The van der Waals surface area contributed by atoms with Crippen molar-refractivity contribution in [2.45, 2.75) is 130 Å². The second kappa shape index (κ2) is 20.0. The summed E-state index contributed by atoms with van der Waals surface area (Å²) in [4.78, 5) is 16.0. The van der Waals surface area contributed by atoms with E-state index in [1.54, 1.807) is 11.1 Å². The van der Waals surface area contributed by atoms with E-state index < -0.39 is 75.1 Å². The molecule has 1 aromatic heterocycles. The molecular formula is C36H61N7O13. The van der Waals surface area contributed by atoms with Gasteiger partial charge >= 0.3 is 0 Å². The predicted octanol–water partition coefficient (Wildman–Crippen LogP) is -4.82. The fraction of sp³-hybridized carbons (Fsp3) is 0.889. The summed E-state index contributed by atoms with van der Waals surface area (Å²) in [6.45, 7) is -0.496. The molecule has 56 heavy (non-hydrogen) atoms. The normalized spacial score (nSPS) is 30.2. The third-order valence-corrected chi connectivity index (χ3v) is 12.0. The Bertz CT molecular complexity index is 1390. The molecular weight excluding hydrogens is 738 g/mol. The summed E-state index contributed by atoms with van der Waals surface area (Å²) < 4.78 is 14.0. The summed E-state index contributed by atoms with van der Waals surface area (Å²) >= 11 is 0. The van der Waals surface area contributed by atoms with Crippen molar-refractivity contribution in [2.75, 3.05) is 59.2 Å². The number of rotatable bonds is 24. The average molecular weight is 800 g/mol. The van der Waals surface area contributed by atoms with E-state index in [2.05, 4.69) is 21.7 Å². The van der Waals surface area contributed by atoms with Crippen molar-refractivity contribution in [3.05, 3.63) is 11.9 Å². The molecule has 5 fully saturated rings. The number of nitrogens with zero attached hydrogens (tertiary/aromatic N) is 6. The van der Waals surface area contributed by atoms with Gasteiger partial charge in [-0.15, -0.1) is 5.10 Å². The number of aliphatic hydroxyl groups is 10. The van der Waals surface area contributed by atoms with Gasteiger partial charge in [-0.05, 0) is 63.2 Å². The Labute approximate surface area is 325 Å². The van der Waals surface area contributed by atoms with Crippen LogP contribution in [0, 0.1) is 23.2 Å². The zero-order valence-electron chi connectivity index (χ0n) is 31.7. The number of likely N-dealkylation sites (tertiary alicyclic amines) is 1. The molecule has 4 saturated carbocycles. The first kappa shape index (κ1) is 44.6. The van der Waals surface area contributed by atoms with E-state index in [0.29, 0.717) is 43.8 Å². The Morgan fingerprint density at radius 3 is 2.11 bits per heavy atom. The number of aromatic nitrogens is 3. The summed E-state index contributed by atoms with van der Waals surface area (Å²) in [5.41, 5.74) is -0.0639. The van der Waals surface area contributed by atoms with Crippen molar-refractivity contribution in [3.8, 4) is 6.07 Å². The molecule has 0 aromatic carbocycles. The quantitative estimate of drug-likeness (QED) is 0.0437. The molecule has 2 heterocycles. The fourth-order valence-corrected chi connectivity index (χ4v) is 9.52. The zero-order valence-corrected chi connectivity index (χ0v) is 31.7. The molecule has 20 nitrogen and oxygen atoms in total. The lowest BCUT2D eigenvalue weighted by Gasteiger charge is -2.62. The van der Waals surface area contributed by atoms with Crippen molar-refractivity contribution >= 4 is 5.91 Å². The lowest BCUT2D eigenvalue weighted by atomic mass is 9.51. The Morgan fingerprint density at radius 1 is 0.911 bits per heavy atom. The van der Waals surface area contributed by atoms with Gasteiger partial charge in [0.1, 0.15) is 42.7 Å². The summed E-state index contributed by atoms with van der Waals surface area (Å²) in [6.07, 6.45) is -5.28. The van der Waals surface area contributed by atoms with Crippen LogP contribution in [0.3, 0.4) is 0 Å². The largest absolute Gasteiger partial charge is 0.394 e. The summed E-state index contributed by atoms with van der Waals surface area (Å²) in [5.74, 6) is 1.06. The van der Waals surface area contributed by atoms with E-state index in [-0.39, 0.29) is 42.8 Å². The van der Waals surface area contributed by atoms with Gasteiger partial charge < -0.3 is 70.8 Å². The maximum Gasteiger partial charge on any atom is 0.237 e. The van der Waals surface area contributed by atoms with Crippen molar-refractivity contribution in [2.24, 2.45) is 11.8 Å². The summed E-state index contributed by atoms with van der Waals surface area (Å²) in [6, 6.07) is 1.92. The first-order chi connectivity index (χ1) is 26.7. The molecule has 0 radical (unpaired) electrons. The van der Waals surface area contributed by atoms with Crippen molar-refractivity contribution in [1.29, 1.82) is 5.26 Å². The van der Waals surface area contributed by atoms with Crippen LogP contribution >= 0.6 is 0 Å². The molecule has 3 unspecified atom stereocenters. The highest BCUT2D eigenvalue weighted by molar-refractivity contribution is 5.79. The zero-order chi connectivity index (χ0) is 40.6. The molecule has 1 aromatic rings. The topological polar surface area (TPSA) is 311 Å². The van der Waals surface area contributed by atoms with Gasteiger partial charge in [0.15, 0.2) is 0 Å². The number of nitriles is 1.